The number of amides is 2. The van der Waals surface area contributed by atoms with Crippen molar-refractivity contribution in [1.82, 2.24) is 9.78 Å². The van der Waals surface area contributed by atoms with Crippen molar-refractivity contribution in [1.29, 1.82) is 0 Å². The molecule has 2 amide bonds. The first-order valence-corrected chi connectivity index (χ1v) is 8.25. The molecule has 3 aromatic rings. The molecule has 0 bridgehead atoms. The van der Waals surface area contributed by atoms with Gasteiger partial charge in [-0.15, -0.1) is 0 Å². The van der Waals surface area contributed by atoms with Gasteiger partial charge in [0.25, 0.3) is 5.91 Å². The van der Waals surface area contributed by atoms with Crippen LogP contribution in [0, 0.1) is 0 Å². The van der Waals surface area contributed by atoms with Crippen LogP contribution in [0.25, 0.3) is 0 Å². The third kappa shape index (κ3) is 4.36. The maximum atomic E-state index is 12.4. The van der Waals surface area contributed by atoms with Crippen molar-refractivity contribution in [2.24, 2.45) is 0 Å². The predicted molar refractivity (Wildman–Crippen MR) is 96.4 cm³/mol. The van der Waals surface area contributed by atoms with Crippen LogP contribution in [0.1, 0.15) is 23.2 Å². The molecule has 0 unspecified atom stereocenters. The molecule has 1 aromatic carbocycles. The number of hydrogen-bond acceptors (Lipinski definition) is 4. The minimum Gasteiger partial charge on any atom is -0.454 e. The molecule has 0 aliphatic rings. The van der Waals surface area contributed by atoms with Crippen LogP contribution in [0.4, 0.5) is 11.4 Å². The Morgan fingerprint density at radius 1 is 1.20 bits per heavy atom. The van der Waals surface area contributed by atoms with E-state index in [0.29, 0.717) is 23.7 Å². The fourth-order valence-corrected chi connectivity index (χ4v) is 2.60. The summed E-state index contributed by atoms with van der Waals surface area (Å²) in [5, 5.41) is 9.51. The molecule has 2 N–H and O–H groups in total. The zero-order valence-electron chi connectivity index (χ0n) is 13.3. The third-order valence-corrected chi connectivity index (χ3v) is 3.80. The topological polar surface area (TPSA) is 89.2 Å². The van der Waals surface area contributed by atoms with Crippen LogP contribution in [0.5, 0.6) is 0 Å². The molecule has 128 valence electrons. The number of carbonyl (C=O) groups is 2. The maximum absolute atomic E-state index is 12.4. The van der Waals surface area contributed by atoms with Gasteiger partial charge >= 0.3 is 0 Å². The molecule has 2 heterocycles. The number of anilines is 2. The highest BCUT2D eigenvalue weighted by Gasteiger charge is 2.14. The van der Waals surface area contributed by atoms with Crippen LogP contribution in [0.2, 0.25) is 0 Å². The van der Waals surface area contributed by atoms with E-state index in [1.165, 1.54) is 6.92 Å². The summed E-state index contributed by atoms with van der Waals surface area (Å²) in [6, 6.07) is 10.3. The SMILES string of the molecule is CC(=O)Nc1ccc(Br)cc1NC(=O)c1ccc(Cn2cccn2)o1. The highest BCUT2D eigenvalue weighted by atomic mass is 79.9. The number of hydrogen-bond donors (Lipinski definition) is 2. The zero-order valence-corrected chi connectivity index (χ0v) is 14.9. The van der Waals surface area contributed by atoms with Gasteiger partial charge < -0.3 is 15.1 Å². The van der Waals surface area contributed by atoms with E-state index in [9.17, 15) is 9.59 Å². The van der Waals surface area contributed by atoms with E-state index in [0.717, 1.165) is 4.47 Å². The number of aromatic nitrogens is 2. The largest absolute Gasteiger partial charge is 0.454 e. The Morgan fingerprint density at radius 3 is 2.76 bits per heavy atom. The molecular formula is C17H15BrN4O3. The van der Waals surface area contributed by atoms with Gasteiger partial charge in [0.2, 0.25) is 5.91 Å². The molecule has 0 saturated heterocycles. The lowest BCUT2D eigenvalue weighted by atomic mass is 10.2. The van der Waals surface area contributed by atoms with Crippen LogP contribution in [0.15, 0.2) is 57.7 Å². The van der Waals surface area contributed by atoms with E-state index >= 15 is 0 Å². The van der Waals surface area contributed by atoms with Gasteiger partial charge in [0, 0.05) is 23.8 Å². The van der Waals surface area contributed by atoms with Crippen LogP contribution in [-0.4, -0.2) is 21.6 Å². The first-order valence-electron chi connectivity index (χ1n) is 7.46. The van der Waals surface area contributed by atoms with Gasteiger partial charge in [0.05, 0.1) is 17.9 Å². The van der Waals surface area contributed by atoms with E-state index < -0.39 is 5.91 Å². The van der Waals surface area contributed by atoms with Gasteiger partial charge in [-0.2, -0.15) is 5.10 Å². The van der Waals surface area contributed by atoms with Crippen molar-refractivity contribution in [2.45, 2.75) is 13.5 Å². The monoisotopic (exact) mass is 402 g/mol. The first-order chi connectivity index (χ1) is 12.0. The van der Waals surface area contributed by atoms with Gasteiger partial charge in [0.1, 0.15) is 5.76 Å². The lowest BCUT2D eigenvalue weighted by molar-refractivity contribution is -0.114. The summed E-state index contributed by atoms with van der Waals surface area (Å²) in [6.45, 7) is 1.84. The van der Waals surface area contributed by atoms with Gasteiger partial charge in [0.15, 0.2) is 5.76 Å². The molecule has 7 nitrogen and oxygen atoms in total. The van der Waals surface area contributed by atoms with E-state index in [1.807, 2.05) is 12.3 Å². The van der Waals surface area contributed by atoms with Crippen LogP contribution in [0.3, 0.4) is 0 Å². The average Bonchev–Trinajstić information content (AvgIpc) is 3.22. The summed E-state index contributed by atoms with van der Waals surface area (Å²) in [6.07, 6.45) is 3.48. The van der Waals surface area contributed by atoms with E-state index in [4.69, 9.17) is 4.42 Å². The van der Waals surface area contributed by atoms with Gasteiger partial charge in [-0.1, -0.05) is 15.9 Å². The number of halogens is 1. The molecule has 3 rings (SSSR count). The highest BCUT2D eigenvalue weighted by Crippen LogP contribution is 2.27. The predicted octanol–water partition coefficient (Wildman–Crippen LogP) is 3.50. The second kappa shape index (κ2) is 7.35. The Bertz CT molecular complexity index is 903. The Hall–Kier alpha value is -2.87. The number of furan rings is 1. The number of rotatable bonds is 5. The highest BCUT2D eigenvalue weighted by molar-refractivity contribution is 9.10. The molecule has 25 heavy (non-hydrogen) atoms. The summed E-state index contributed by atoms with van der Waals surface area (Å²) in [4.78, 5) is 23.7. The summed E-state index contributed by atoms with van der Waals surface area (Å²) in [5.74, 6) is 0.162. The second-order valence-corrected chi connectivity index (χ2v) is 6.21. The lowest BCUT2D eigenvalue weighted by Gasteiger charge is -2.11. The van der Waals surface area contributed by atoms with Crippen LogP contribution in [-0.2, 0) is 11.3 Å². The maximum Gasteiger partial charge on any atom is 0.291 e. The molecule has 8 heteroatoms. The van der Waals surface area contributed by atoms with Crippen molar-refractivity contribution in [3.05, 3.63) is 64.8 Å². The van der Waals surface area contributed by atoms with Crippen molar-refractivity contribution in [2.75, 3.05) is 10.6 Å². The molecule has 0 spiro atoms. The Balaban J connectivity index is 1.75. The van der Waals surface area contributed by atoms with Crippen molar-refractivity contribution in [3.8, 4) is 0 Å². The van der Waals surface area contributed by atoms with E-state index in [1.54, 1.807) is 41.2 Å². The molecule has 0 radical (unpaired) electrons. The Morgan fingerprint density at radius 2 is 2.04 bits per heavy atom. The zero-order chi connectivity index (χ0) is 17.8. The fraction of sp³-hybridized carbons (Fsp3) is 0.118. The third-order valence-electron chi connectivity index (χ3n) is 3.30. The molecule has 0 aliphatic heterocycles. The minimum atomic E-state index is -0.406. The average molecular weight is 403 g/mol. The number of benzene rings is 1. The summed E-state index contributed by atoms with van der Waals surface area (Å²) < 4.78 is 8.04. The van der Waals surface area contributed by atoms with Gasteiger partial charge in [-0.05, 0) is 36.4 Å². The molecule has 2 aromatic heterocycles. The Kier molecular flexibility index (Phi) is 4.99. The molecular weight excluding hydrogens is 388 g/mol. The first kappa shape index (κ1) is 17.0. The quantitative estimate of drug-likeness (QED) is 0.683. The van der Waals surface area contributed by atoms with Crippen LogP contribution < -0.4 is 10.6 Å². The molecule has 0 fully saturated rings. The number of nitrogens with one attached hydrogen (secondary N) is 2. The van der Waals surface area contributed by atoms with Gasteiger partial charge in [-0.25, -0.2) is 0 Å². The van der Waals surface area contributed by atoms with Crippen LogP contribution >= 0.6 is 15.9 Å². The summed E-state index contributed by atoms with van der Waals surface area (Å²) >= 11 is 3.35. The minimum absolute atomic E-state index is 0.177. The number of carbonyl (C=O) groups excluding carboxylic acids is 2. The lowest BCUT2D eigenvalue weighted by Crippen LogP contribution is -2.14. The number of nitrogens with zero attached hydrogens (tertiary/aromatic N) is 2. The Labute approximate surface area is 152 Å². The normalized spacial score (nSPS) is 10.5. The van der Waals surface area contributed by atoms with Crippen molar-refractivity contribution < 1.29 is 14.0 Å². The standard InChI is InChI=1S/C17H15BrN4O3/c1-11(23)20-14-5-3-12(18)9-15(14)21-17(24)16-6-4-13(25-16)10-22-8-2-7-19-22/h2-9H,10H2,1H3,(H,20,23)(H,21,24). The molecule has 0 atom stereocenters. The smallest absolute Gasteiger partial charge is 0.291 e. The van der Waals surface area contributed by atoms with Crippen molar-refractivity contribution in [3.63, 3.8) is 0 Å². The van der Waals surface area contributed by atoms with E-state index in [2.05, 4.69) is 31.7 Å². The van der Waals surface area contributed by atoms with Gasteiger partial charge in [-0.3, -0.25) is 14.3 Å². The van der Waals surface area contributed by atoms with E-state index in [-0.39, 0.29) is 11.7 Å². The summed E-state index contributed by atoms with van der Waals surface area (Å²) in [7, 11) is 0. The second-order valence-electron chi connectivity index (χ2n) is 5.29. The fourth-order valence-electron chi connectivity index (χ4n) is 2.24. The molecule has 0 aliphatic carbocycles. The van der Waals surface area contributed by atoms with Crippen molar-refractivity contribution >= 4 is 39.1 Å². The summed E-state index contributed by atoms with van der Waals surface area (Å²) in [5.41, 5.74) is 0.979. The molecule has 0 saturated carbocycles.